The number of ether oxygens (including phenoxy) is 3. The van der Waals surface area contributed by atoms with Crippen molar-refractivity contribution in [1.29, 1.82) is 0 Å². The molecule has 37 heavy (non-hydrogen) atoms. The Morgan fingerprint density at radius 2 is 1.97 bits per heavy atom. The predicted octanol–water partition coefficient (Wildman–Crippen LogP) is 3.93. The monoisotopic (exact) mass is 621 g/mol. The Kier molecular flexibility index (Phi) is 7.41. The van der Waals surface area contributed by atoms with E-state index in [2.05, 4.69) is 52.4 Å². The zero-order valence-corrected chi connectivity index (χ0v) is 24.0. The number of pyridine rings is 1. The number of rotatable bonds is 8. The third kappa shape index (κ3) is 4.77. The second-order valence-corrected chi connectivity index (χ2v) is 11.4. The van der Waals surface area contributed by atoms with Crippen LogP contribution in [0.25, 0.3) is 16.9 Å². The van der Waals surface area contributed by atoms with Gasteiger partial charge in [0.25, 0.3) is 0 Å². The fourth-order valence-electron chi connectivity index (χ4n) is 5.91. The molecule has 0 N–H and O–H groups in total. The first kappa shape index (κ1) is 25.5. The Balaban J connectivity index is 1.45. The minimum absolute atomic E-state index is 0.0130. The fourth-order valence-corrected chi connectivity index (χ4v) is 6.68. The molecular formula is C26H36IN7O3. The van der Waals surface area contributed by atoms with Gasteiger partial charge in [-0.1, -0.05) is 0 Å². The predicted molar refractivity (Wildman–Crippen MR) is 149 cm³/mol. The zero-order valence-electron chi connectivity index (χ0n) is 21.8. The normalized spacial score (nSPS) is 24.9. The summed E-state index contributed by atoms with van der Waals surface area (Å²) >= 11 is 2.35. The van der Waals surface area contributed by atoms with Crippen LogP contribution in [0, 0.1) is 3.70 Å². The molecule has 0 aliphatic carbocycles. The molecule has 3 saturated heterocycles. The van der Waals surface area contributed by atoms with E-state index in [-0.39, 0.29) is 12.3 Å². The van der Waals surface area contributed by atoms with E-state index < -0.39 is 0 Å². The Morgan fingerprint density at radius 1 is 1.16 bits per heavy atom. The van der Waals surface area contributed by atoms with Crippen LogP contribution in [0.15, 0.2) is 18.3 Å². The number of nitrogens with zero attached hydrogens (tertiary/aromatic N) is 7. The first-order valence-electron chi connectivity index (χ1n) is 13.4. The standard InChI is InChI=1S/C26H36IN7O3/c1-17(31(2)11-13-35-3)20-14-22(33-18-7-8-19(33)16-36-15-18)28-26-24(20)25(27)30-34(26)21-9-10-32(29-21)23-6-4-5-12-37-23/h9-10,14,17-19,23H,4-8,11-13,15-16H2,1-3H3. The van der Waals surface area contributed by atoms with Crippen molar-refractivity contribution in [3.05, 3.63) is 27.6 Å². The van der Waals surface area contributed by atoms with Gasteiger partial charge in [0.05, 0.1) is 37.3 Å². The number of anilines is 1. The van der Waals surface area contributed by atoms with E-state index in [9.17, 15) is 0 Å². The Bertz CT molecular complexity index is 1220. The number of aromatic nitrogens is 5. The summed E-state index contributed by atoms with van der Waals surface area (Å²) in [4.78, 5) is 10.1. The molecular weight excluding hydrogens is 585 g/mol. The molecule has 0 saturated carbocycles. The molecule has 6 rings (SSSR count). The van der Waals surface area contributed by atoms with Crippen LogP contribution in [0.1, 0.15) is 56.9 Å². The molecule has 3 aromatic rings. The van der Waals surface area contributed by atoms with E-state index in [1.54, 1.807) is 7.11 Å². The quantitative estimate of drug-likeness (QED) is 0.351. The summed E-state index contributed by atoms with van der Waals surface area (Å²) in [6.45, 7) is 6.09. The molecule has 4 atom stereocenters. The number of fused-ring (bicyclic) bond motifs is 3. The van der Waals surface area contributed by atoms with Crippen molar-refractivity contribution in [2.45, 2.75) is 63.4 Å². The van der Waals surface area contributed by atoms with Gasteiger partial charge in [-0.2, -0.15) is 14.9 Å². The van der Waals surface area contributed by atoms with Crippen LogP contribution in [0.3, 0.4) is 0 Å². The molecule has 10 nitrogen and oxygen atoms in total. The number of hydrogen-bond acceptors (Lipinski definition) is 8. The van der Waals surface area contributed by atoms with Crippen LogP contribution < -0.4 is 4.90 Å². The Labute approximate surface area is 231 Å². The first-order chi connectivity index (χ1) is 18.0. The van der Waals surface area contributed by atoms with Crippen molar-refractivity contribution in [1.82, 2.24) is 29.4 Å². The maximum Gasteiger partial charge on any atom is 0.177 e. The molecule has 0 radical (unpaired) electrons. The molecule has 4 unspecified atom stereocenters. The van der Waals surface area contributed by atoms with Gasteiger partial charge in [-0.05, 0) is 80.3 Å². The van der Waals surface area contributed by atoms with Gasteiger partial charge in [-0.25, -0.2) is 9.67 Å². The number of methoxy groups -OCH3 is 1. The van der Waals surface area contributed by atoms with E-state index in [0.717, 1.165) is 84.8 Å². The van der Waals surface area contributed by atoms with Gasteiger partial charge < -0.3 is 19.1 Å². The van der Waals surface area contributed by atoms with Crippen LogP contribution in [0.5, 0.6) is 0 Å². The minimum atomic E-state index is -0.0130. The van der Waals surface area contributed by atoms with Crippen molar-refractivity contribution in [2.75, 3.05) is 52.0 Å². The molecule has 2 bridgehead atoms. The maximum absolute atomic E-state index is 5.96. The summed E-state index contributed by atoms with van der Waals surface area (Å²) in [5.41, 5.74) is 2.08. The summed E-state index contributed by atoms with van der Waals surface area (Å²) in [6.07, 6.45) is 7.53. The molecule has 11 heteroatoms. The summed E-state index contributed by atoms with van der Waals surface area (Å²) in [5.74, 6) is 1.78. The molecule has 6 heterocycles. The number of hydrogen-bond donors (Lipinski definition) is 0. The Morgan fingerprint density at radius 3 is 2.70 bits per heavy atom. The van der Waals surface area contributed by atoms with Gasteiger partial charge in [0.15, 0.2) is 11.5 Å². The van der Waals surface area contributed by atoms with Crippen LogP contribution in [-0.4, -0.2) is 88.7 Å². The SMILES string of the molecule is COCCN(C)C(C)c1cc(N2C3CCC2COC3)nc2c1c(I)nn2-c1ccn(C2CCCCO2)n1. The fraction of sp³-hybridized carbons (Fsp3) is 0.654. The van der Waals surface area contributed by atoms with E-state index in [1.165, 1.54) is 5.56 Å². The summed E-state index contributed by atoms with van der Waals surface area (Å²) in [6, 6.07) is 5.21. The minimum Gasteiger partial charge on any atom is -0.383 e. The van der Waals surface area contributed by atoms with Gasteiger partial charge >= 0.3 is 0 Å². The number of halogens is 1. The highest BCUT2D eigenvalue weighted by molar-refractivity contribution is 14.1. The Hall–Kier alpha value is -1.80. The second kappa shape index (κ2) is 10.8. The summed E-state index contributed by atoms with van der Waals surface area (Å²) < 4.78 is 22.0. The van der Waals surface area contributed by atoms with Gasteiger partial charge in [-0.3, -0.25) is 4.90 Å². The topological polar surface area (TPSA) is 82.7 Å². The van der Waals surface area contributed by atoms with Crippen molar-refractivity contribution in [2.24, 2.45) is 0 Å². The number of likely N-dealkylation sites (N-methyl/N-ethyl adjacent to an activating group) is 1. The lowest BCUT2D eigenvalue weighted by Crippen LogP contribution is -2.46. The lowest BCUT2D eigenvalue weighted by molar-refractivity contribution is -0.0395. The molecule has 3 fully saturated rings. The van der Waals surface area contributed by atoms with Gasteiger partial charge in [0.2, 0.25) is 0 Å². The van der Waals surface area contributed by atoms with Crippen molar-refractivity contribution in [3.8, 4) is 5.82 Å². The van der Waals surface area contributed by atoms with E-state index in [1.807, 2.05) is 21.6 Å². The van der Waals surface area contributed by atoms with Crippen LogP contribution in [-0.2, 0) is 14.2 Å². The molecule has 3 aliphatic heterocycles. The van der Waals surface area contributed by atoms with Crippen LogP contribution in [0.2, 0.25) is 0 Å². The van der Waals surface area contributed by atoms with Crippen molar-refractivity contribution < 1.29 is 14.2 Å². The van der Waals surface area contributed by atoms with Gasteiger partial charge in [-0.15, -0.1) is 0 Å². The summed E-state index contributed by atoms with van der Waals surface area (Å²) in [7, 11) is 3.90. The van der Waals surface area contributed by atoms with Crippen LogP contribution in [0.4, 0.5) is 5.82 Å². The highest BCUT2D eigenvalue weighted by atomic mass is 127. The highest BCUT2D eigenvalue weighted by Crippen LogP contribution is 2.38. The largest absolute Gasteiger partial charge is 0.383 e. The van der Waals surface area contributed by atoms with Gasteiger partial charge in [0, 0.05) is 38.6 Å². The van der Waals surface area contributed by atoms with E-state index in [4.69, 9.17) is 29.4 Å². The highest BCUT2D eigenvalue weighted by Gasteiger charge is 2.39. The number of morpholine rings is 1. The third-order valence-electron chi connectivity index (χ3n) is 8.14. The van der Waals surface area contributed by atoms with Gasteiger partial charge in [0.1, 0.15) is 15.7 Å². The molecule has 3 aliphatic rings. The molecule has 0 amide bonds. The summed E-state index contributed by atoms with van der Waals surface area (Å²) in [5, 5.41) is 10.9. The molecule has 200 valence electrons. The van der Waals surface area contributed by atoms with E-state index >= 15 is 0 Å². The van der Waals surface area contributed by atoms with Crippen LogP contribution >= 0.6 is 22.6 Å². The lowest BCUT2D eigenvalue weighted by atomic mass is 10.0. The van der Waals surface area contributed by atoms with E-state index in [0.29, 0.717) is 18.7 Å². The third-order valence-corrected chi connectivity index (χ3v) is 8.89. The molecule has 3 aromatic heterocycles. The average molecular weight is 622 g/mol. The van der Waals surface area contributed by atoms with Crippen molar-refractivity contribution >= 4 is 39.4 Å². The van der Waals surface area contributed by atoms with Crippen molar-refractivity contribution in [3.63, 3.8) is 0 Å². The zero-order chi connectivity index (χ0) is 25.5. The lowest BCUT2D eigenvalue weighted by Gasteiger charge is -2.36. The average Bonchev–Trinajstić information content (AvgIpc) is 3.61. The maximum atomic E-state index is 5.96. The smallest absolute Gasteiger partial charge is 0.177 e. The first-order valence-corrected chi connectivity index (χ1v) is 14.4. The molecule has 0 aromatic carbocycles. The second-order valence-electron chi connectivity index (χ2n) is 10.4. The molecule has 0 spiro atoms.